The Hall–Kier alpha value is -1.44. The average molecular weight is 380 g/mol. The molecule has 3 rings (SSSR count). The lowest BCUT2D eigenvalue weighted by Crippen LogP contribution is -2.44. The fourth-order valence-electron chi connectivity index (χ4n) is 3.76. The number of sulfonamides is 1. The minimum absolute atomic E-state index is 0.0683. The molecule has 1 aromatic carbocycles. The second-order valence-corrected chi connectivity index (χ2v) is 9.12. The summed E-state index contributed by atoms with van der Waals surface area (Å²) in [6, 6.07) is 8.51. The highest BCUT2D eigenvalue weighted by Gasteiger charge is 2.31. The molecule has 0 spiro atoms. The second-order valence-electron chi connectivity index (χ2n) is 7.18. The van der Waals surface area contributed by atoms with E-state index in [0.29, 0.717) is 37.4 Å². The van der Waals surface area contributed by atoms with E-state index < -0.39 is 10.0 Å². The summed E-state index contributed by atoms with van der Waals surface area (Å²) in [7, 11) is -3.45. The Morgan fingerprint density at radius 3 is 2.31 bits per heavy atom. The number of hydrogen-bond donors (Lipinski definition) is 1. The Morgan fingerprint density at radius 1 is 1.00 bits per heavy atom. The van der Waals surface area contributed by atoms with Crippen LogP contribution >= 0.6 is 0 Å². The zero-order chi connectivity index (χ0) is 18.4. The number of hydrogen-bond acceptors (Lipinski definition) is 4. The number of piperidine rings is 2. The molecule has 2 heterocycles. The smallest absolute Gasteiger partial charge is 0.243 e. The van der Waals surface area contributed by atoms with E-state index in [2.05, 4.69) is 10.2 Å². The van der Waals surface area contributed by atoms with Gasteiger partial charge in [-0.25, -0.2) is 8.42 Å². The van der Waals surface area contributed by atoms with Gasteiger partial charge in [0.1, 0.15) is 0 Å². The molecule has 144 valence electrons. The van der Waals surface area contributed by atoms with E-state index in [0.717, 1.165) is 19.6 Å². The normalized spacial score (nSPS) is 20.8. The highest BCUT2D eigenvalue weighted by molar-refractivity contribution is 7.89. The molecule has 0 radical (unpaired) electrons. The first-order valence-electron chi connectivity index (χ1n) is 9.62. The standard InChI is InChI=1S/C19H29N3O3S/c23-19(20-11-16-21-12-5-2-6-13-21)17-9-14-22(15-10-17)26(24,25)18-7-3-1-4-8-18/h1,3-4,7-8,17H,2,5-6,9-16H2,(H,20,23). The number of carbonyl (C=O) groups is 1. The number of nitrogens with one attached hydrogen (secondary N) is 1. The molecule has 0 aromatic heterocycles. The van der Waals surface area contributed by atoms with Crippen molar-refractivity contribution in [2.24, 2.45) is 5.92 Å². The molecule has 0 unspecified atom stereocenters. The Labute approximate surface area is 156 Å². The Morgan fingerprint density at radius 2 is 1.65 bits per heavy atom. The minimum Gasteiger partial charge on any atom is -0.355 e. The molecular weight excluding hydrogens is 350 g/mol. The highest BCUT2D eigenvalue weighted by atomic mass is 32.2. The summed E-state index contributed by atoms with van der Waals surface area (Å²) < 4.78 is 26.8. The van der Waals surface area contributed by atoms with Crippen molar-refractivity contribution in [2.45, 2.75) is 37.0 Å². The monoisotopic (exact) mass is 379 g/mol. The third-order valence-corrected chi connectivity index (χ3v) is 7.29. The fourth-order valence-corrected chi connectivity index (χ4v) is 5.26. The molecular formula is C19H29N3O3S. The number of nitrogens with zero attached hydrogens (tertiary/aromatic N) is 2. The van der Waals surface area contributed by atoms with E-state index >= 15 is 0 Å². The quantitative estimate of drug-likeness (QED) is 0.817. The van der Waals surface area contributed by atoms with Crippen LogP contribution in [0.3, 0.4) is 0 Å². The topological polar surface area (TPSA) is 69.7 Å². The molecule has 1 N–H and O–H groups in total. The molecule has 2 fully saturated rings. The summed E-state index contributed by atoms with van der Waals surface area (Å²) in [6.45, 7) is 4.66. The first kappa shape index (κ1) is 19.3. The number of amides is 1. The first-order valence-corrected chi connectivity index (χ1v) is 11.1. The molecule has 1 aromatic rings. The van der Waals surface area contributed by atoms with Gasteiger partial charge in [-0.05, 0) is 50.9 Å². The van der Waals surface area contributed by atoms with Crippen molar-refractivity contribution in [3.63, 3.8) is 0 Å². The molecule has 6 nitrogen and oxygen atoms in total. The van der Waals surface area contributed by atoms with Crippen LogP contribution in [-0.2, 0) is 14.8 Å². The summed E-state index contributed by atoms with van der Waals surface area (Å²) in [6.07, 6.45) is 4.99. The third kappa shape index (κ3) is 4.84. The molecule has 0 saturated carbocycles. The van der Waals surface area contributed by atoms with Crippen LogP contribution in [0, 0.1) is 5.92 Å². The van der Waals surface area contributed by atoms with E-state index in [9.17, 15) is 13.2 Å². The van der Waals surface area contributed by atoms with Gasteiger partial charge in [0.2, 0.25) is 15.9 Å². The number of likely N-dealkylation sites (tertiary alicyclic amines) is 1. The Kier molecular flexibility index (Phi) is 6.67. The van der Waals surface area contributed by atoms with Gasteiger partial charge in [-0.1, -0.05) is 24.6 Å². The van der Waals surface area contributed by atoms with Crippen molar-refractivity contribution in [1.29, 1.82) is 0 Å². The van der Waals surface area contributed by atoms with Crippen LogP contribution < -0.4 is 5.32 Å². The largest absolute Gasteiger partial charge is 0.355 e. The highest BCUT2D eigenvalue weighted by Crippen LogP contribution is 2.23. The van der Waals surface area contributed by atoms with Crippen molar-refractivity contribution >= 4 is 15.9 Å². The van der Waals surface area contributed by atoms with Crippen molar-refractivity contribution in [3.8, 4) is 0 Å². The number of rotatable bonds is 6. The Bertz CT molecular complexity index is 679. The van der Waals surface area contributed by atoms with Gasteiger partial charge in [0.15, 0.2) is 0 Å². The van der Waals surface area contributed by atoms with E-state index in [1.54, 1.807) is 30.3 Å². The van der Waals surface area contributed by atoms with Crippen LogP contribution in [0.15, 0.2) is 35.2 Å². The van der Waals surface area contributed by atoms with Crippen molar-refractivity contribution in [3.05, 3.63) is 30.3 Å². The summed E-state index contributed by atoms with van der Waals surface area (Å²) >= 11 is 0. The number of benzene rings is 1. The van der Waals surface area contributed by atoms with Gasteiger partial charge in [0, 0.05) is 32.1 Å². The molecule has 26 heavy (non-hydrogen) atoms. The summed E-state index contributed by atoms with van der Waals surface area (Å²) in [4.78, 5) is 15.1. The van der Waals surface area contributed by atoms with Crippen molar-refractivity contribution < 1.29 is 13.2 Å². The molecule has 0 atom stereocenters. The lowest BCUT2D eigenvalue weighted by atomic mass is 9.97. The van der Waals surface area contributed by atoms with Gasteiger partial charge in [0.25, 0.3) is 0 Å². The van der Waals surface area contributed by atoms with Crippen LogP contribution in [0.5, 0.6) is 0 Å². The van der Waals surface area contributed by atoms with Crippen LogP contribution in [0.2, 0.25) is 0 Å². The van der Waals surface area contributed by atoms with Gasteiger partial charge in [-0.3, -0.25) is 4.79 Å². The van der Waals surface area contributed by atoms with Gasteiger partial charge in [-0.2, -0.15) is 4.31 Å². The lowest BCUT2D eigenvalue weighted by molar-refractivity contribution is -0.126. The predicted molar refractivity (Wildman–Crippen MR) is 101 cm³/mol. The molecule has 2 saturated heterocycles. The van der Waals surface area contributed by atoms with Crippen molar-refractivity contribution in [1.82, 2.24) is 14.5 Å². The SMILES string of the molecule is O=C(NCCN1CCCCC1)C1CCN(S(=O)(=O)c2ccccc2)CC1. The van der Waals surface area contributed by atoms with E-state index in [1.807, 2.05) is 0 Å². The molecule has 2 aliphatic heterocycles. The summed E-state index contributed by atoms with van der Waals surface area (Å²) in [5, 5.41) is 3.04. The third-order valence-electron chi connectivity index (χ3n) is 5.38. The zero-order valence-electron chi connectivity index (χ0n) is 15.3. The Balaban J connectivity index is 1.43. The average Bonchev–Trinajstić information content (AvgIpc) is 2.69. The van der Waals surface area contributed by atoms with Crippen LogP contribution in [0.1, 0.15) is 32.1 Å². The van der Waals surface area contributed by atoms with Crippen LogP contribution in [-0.4, -0.2) is 62.8 Å². The summed E-state index contributed by atoms with van der Waals surface area (Å²) in [5.74, 6) is -0.0163. The van der Waals surface area contributed by atoms with E-state index in [4.69, 9.17) is 0 Å². The molecule has 2 aliphatic rings. The second kappa shape index (κ2) is 8.97. The summed E-state index contributed by atoms with van der Waals surface area (Å²) in [5.41, 5.74) is 0. The van der Waals surface area contributed by atoms with Gasteiger partial charge in [0.05, 0.1) is 4.90 Å². The van der Waals surface area contributed by atoms with E-state index in [1.165, 1.54) is 23.6 Å². The predicted octanol–water partition coefficient (Wildman–Crippen LogP) is 1.69. The van der Waals surface area contributed by atoms with Gasteiger partial charge in [-0.15, -0.1) is 0 Å². The lowest BCUT2D eigenvalue weighted by Gasteiger charge is -2.31. The van der Waals surface area contributed by atoms with Crippen LogP contribution in [0.25, 0.3) is 0 Å². The molecule has 0 aliphatic carbocycles. The van der Waals surface area contributed by atoms with Gasteiger partial charge < -0.3 is 10.2 Å². The number of carbonyl (C=O) groups excluding carboxylic acids is 1. The van der Waals surface area contributed by atoms with E-state index in [-0.39, 0.29) is 11.8 Å². The maximum atomic E-state index is 12.6. The zero-order valence-corrected chi connectivity index (χ0v) is 16.1. The van der Waals surface area contributed by atoms with Crippen molar-refractivity contribution in [2.75, 3.05) is 39.3 Å². The molecule has 1 amide bonds. The van der Waals surface area contributed by atoms with Gasteiger partial charge >= 0.3 is 0 Å². The maximum absolute atomic E-state index is 12.6. The van der Waals surface area contributed by atoms with Crippen LogP contribution in [0.4, 0.5) is 0 Å². The first-order chi connectivity index (χ1) is 12.6. The molecule has 0 bridgehead atoms. The fraction of sp³-hybridized carbons (Fsp3) is 0.632. The molecule has 7 heteroatoms. The maximum Gasteiger partial charge on any atom is 0.243 e. The minimum atomic E-state index is -3.45.